The third kappa shape index (κ3) is 2.70. The third-order valence-corrected chi connectivity index (χ3v) is 3.43. The highest BCUT2D eigenvalue weighted by Crippen LogP contribution is 2.33. The van der Waals surface area contributed by atoms with E-state index in [1.165, 1.54) is 0 Å². The second-order valence-corrected chi connectivity index (χ2v) is 5.18. The molecular formula is C15H16ClN3O. The molecule has 0 bridgehead atoms. The van der Waals surface area contributed by atoms with Gasteiger partial charge in [-0.3, -0.25) is 0 Å². The fourth-order valence-corrected chi connectivity index (χ4v) is 2.54. The van der Waals surface area contributed by atoms with Crippen LogP contribution in [-0.2, 0) is 6.42 Å². The number of hydrogen-bond donors (Lipinski definition) is 1. The van der Waals surface area contributed by atoms with Crippen molar-refractivity contribution in [1.29, 1.82) is 0 Å². The lowest BCUT2D eigenvalue weighted by molar-refractivity contribution is 0.339. The quantitative estimate of drug-likeness (QED) is 0.873. The highest BCUT2D eigenvalue weighted by Gasteiger charge is 2.23. The Morgan fingerprint density at radius 1 is 1.35 bits per heavy atom. The van der Waals surface area contributed by atoms with Gasteiger partial charge in [0.15, 0.2) is 0 Å². The Hall–Kier alpha value is -1.81. The van der Waals surface area contributed by atoms with E-state index in [0.717, 1.165) is 35.8 Å². The molecule has 1 aromatic carbocycles. The summed E-state index contributed by atoms with van der Waals surface area (Å²) in [5.41, 5.74) is 1.15. The molecule has 1 aromatic heterocycles. The highest BCUT2D eigenvalue weighted by atomic mass is 35.5. The molecular weight excluding hydrogens is 274 g/mol. The van der Waals surface area contributed by atoms with Crippen molar-refractivity contribution in [2.24, 2.45) is 0 Å². The molecule has 1 unspecified atom stereocenters. The molecule has 0 saturated heterocycles. The number of nitrogens with zero attached hydrogens (tertiary/aromatic N) is 2. The van der Waals surface area contributed by atoms with Crippen molar-refractivity contribution in [2.75, 3.05) is 11.9 Å². The second-order valence-electron chi connectivity index (χ2n) is 4.79. The monoisotopic (exact) mass is 289 g/mol. The van der Waals surface area contributed by atoms with E-state index in [4.69, 9.17) is 16.3 Å². The average Bonchev–Trinajstić information content (AvgIpc) is 2.82. The lowest BCUT2D eigenvalue weighted by Gasteiger charge is -2.13. The van der Waals surface area contributed by atoms with Crippen molar-refractivity contribution in [3.8, 4) is 5.75 Å². The number of para-hydroxylation sites is 1. The molecule has 104 valence electrons. The summed E-state index contributed by atoms with van der Waals surface area (Å²) in [5, 5.41) is 3.85. The molecule has 1 atom stereocenters. The van der Waals surface area contributed by atoms with Gasteiger partial charge in [-0.25, -0.2) is 9.97 Å². The normalized spacial score (nSPS) is 16.6. The van der Waals surface area contributed by atoms with Gasteiger partial charge in [0.2, 0.25) is 0 Å². The lowest BCUT2D eigenvalue weighted by atomic mass is 10.1. The summed E-state index contributed by atoms with van der Waals surface area (Å²) in [6.45, 7) is 2.70. The summed E-state index contributed by atoms with van der Waals surface area (Å²) in [7, 11) is 0. The summed E-state index contributed by atoms with van der Waals surface area (Å²) >= 11 is 6.05. The SMILES string of the molecule is CCCc1nc(Cl)cc(NC2COc3ccccc32)n1. The van der Waals surface area contributed by atoms with Gasteiger partial charge in [-0.2, -0.15) is 0 Å². The minimum absolute atomic E-state index is 0.103. The van der Waals surface area contributed by atoms with Crippen LogP contribution >= 0.6 is 11.6 Å². The van der Waals surface area contributed by atoms with Crippen molar-refractivity contribution in [2.45, 2.75) is 25.8 Å². The van der Waals surface area contributed by atoms with E-state index in [1.807, 2.05) is 18.2 Å². The topological polar surface area (TPSA) is 47.0 Å². The number of nitrogens with one attached hydrogen (secondary N) is 1. The van der Waals surface area contributed by atoms with Crippen LogP contribution in [0.2, 0.25) is 5.15 Å². The van der Waals surface area contributed by atoms with Gasteiger partial charge in [0.25, 0.3) is 0 Å². The molecule has 0 saturated carbocycles. The van der Waals surface area contributed by atoms with E-state index in [0.29, 0.717) is 11.8 Å². The first kappa shape index (κ1) is 13.2. The van der Waals surface area contributed by atoms with Gasteiger partial charge >= 0.3 is 0 Å². The number of anilines is 1. The summed E-state index contributed by atoms with van der Waals surface area (Å²) in [5.74, 6) is 2.45. The Balaban J connectivity index is 1.82. The predicted molar refractivity (Wildman–Crippen MR) is 79.3 cm³/mol. The van der Waals surface area contributed by atoms with Crippen molar-refractivity contribution >= 4 is 17.4 Å². The average molecular weight is 290 g/mol. The standard InChI is InChI=1S/C15H16ClN3O/c1-2-5-14-18-13(16)8-15(19-14)17-11-9-20-12-7-4-3-6-10(11)12/h3-4,6-8,11H,2,5,9H2,1H3,(H,17,18,19). The maximum atomic E-state index is 6.05. The number of ether oxygens (including phenoxy) is 1. The van der Waals surface area contributed by atoms with Gasteiger partial charge in [-0.05, 0) is 12.5 Å². The Labute approximate surface area is 123 Å². The van der Waals surface area contributed by atoms with E-state index < -0.39 is 0 Å². The number of aryl methyl sites for hydroxylation is 1. The van der Waals surface area contributed by atoms with Crippen LogP contribution < -0.4 is 10.1 Å². The number of rotatable bonds is 4. The van der Waals surface area contributed by atoms with Crippen LogP contribution in [0.15, 0.2) is 30.3 Å². The molecule has 4 nitrogen and oxygen atoms in total. The van der Waals surface area contributed by atoms with Crippen LogP contribution in [0.5, 0.6) is 5.75 Å². The zero-order chi connectivity index (χ0) is 13.9. The molecule has 1 aliphatic rings. The molecule has 2 heterocycles. The van der Waals surface area contributed by atoms with Gasteiger partial charge in [-0.15, -0.1) is 0 Å². The van der Waals surface area contributed by atoms with Gasteiger partial charge < -0.3 is 10.1 Å². The first-order valence-corrected chi connectivity index (χ1v) is 7.16. The molecule has 5 heteroatoms. The predicted octanol–water partition coefficient (Wildman–Crippen LogP) is 3.63. The fraction of sp³-hybridized carbons (Fsp3) is 0.333. The van der Waals surface area contributed by atoms with Crippen molar-refractivity contribution < 1.29 is 4.74 Å². The molecule has 1 N–H and O–H groups in total. The van der Waals surface area contributed by atoms with Crippen LogP contribution in [0.4, 0.5) is 5.82 Å². The number of aromatic nitrogens is 2. The van der Waals surface area contributed by atoms with E-state index in [9.17, 15) is 0 Å². The van der Waals surface area contributed by atoms with Gasteiger partial charge in [-0.1, -0.05) is 36.7 Å². The van der Waals surface area contributed by atoms with Crippen LogP contribution in [-0.4, -0.2) is 16.6 Å². The van der Waals surface area contributed by atoms with Crippen molar-refractivity contribution in [3.05, 3.63) is 46.9 Å². The molecule has 3 rings (SSSR count). The molecule has 0 fully saturated rings. The summed E-state index contributed by atoms with van der Waals surface area (Å²) in [6, 6.07) is 9.88. The molecule has 0 radical (unpaired) electrons. The van der Waals surface area contributed by atoms with Gasteiger partial charge in [0.1, 0.15) is 29.2 Å². The van der Waals surface area contributed by atoms with E-state index in [1.54, 1.807) is 6.07 Å². The Morgan fingerprint density at radius 3 is 3.05 bits per heavy atom. The Morgan fingerprint density at radius 2 is 2.20 bits per heavy atom. The van der Waals surface area contributed by atoms with E-state index in [2.05, 4.69) is 28.3 Å². The Bertz CT molecular complexity index is 618. The first-order valence-electron chi connectivity index (χ1n) is 6.78. The summed E-state index contributed by atoms with van der Waals surface area (Å²) in [6.07, 6.45) is 1.82. The number of hydrogen-bond acceptors (Lipinski definition) is 4. The third-order valence-electron chi connectivity index (χ3n) is 3.24. The molecule has 2 aromatic rings. The lowest BCUT2D eigenvalue weighted by Crippen LogP contribution is -2.14. The maximum absolute atomic E-state index is 6.05. The van der Waals surface area contributed by atoms with Crippen molar-refractivity contribution in [1.82, 2.24) is 9.97 Å². The Kier molecular flexibility index (Phi) is 3.74. The fourth-order valence-electron chi connectivity index (χ4n) is 2.33. The van der Waals surface area contributed by atoms with Crippen molar-refractivity contribution in [3.63, 3.8) is 0 Å². The molecule has 0 spiro atoms. The molecule has 20 heavy (non-hydrogen) atoms. The minimum Gasteiger partial charge on any atom is -0.491 e. The summed E-state index contributed by atoms with van der Waals surface area (Å²) in [4.78, 5) is 8.72. The molecule has 0 amide bonds. The number of fused-ring (bicyclic) bond motifs is 1. The first-order chi connectivity index (χ1) is 9.76. The minimum atomic E-state index is 0.103. The van der Waals surface area contributed by atoms with Gasteiger partial charge in [0, 0.05) is 18.1 Å². The molecule has 0 aliphatic carbocycles. The zero-order valence-electron chi connectivity index (χ0n) is 11.3. The maximum Gasteiger partial charge on any atom is 0.134 e. The second kappa shape index (κ2) is 5.67. The van der Waals surface area contributed by atoms with Crippen LogP contribution in [0, 0.1) is 0 Å². The molecule has 1 aliphatic heterocycles. The smallest absolute Gasteiger partial charge is 0.134 e. The number of halogens is 1. The highest BCUT2D eigenvalue weighted by molar-refractivity contribution is 6.29. The van der Waals surface area contributed by atoms with Gasteiger partial charge in [0.05, 0.1) is 6.04 Å². The van der Waals surface area contributed by atoms with Crippen LogP contribution in [0.3, 0.4) is 0 Å². The number of benzene rings is 1. The van der Waals surface area contributed by atoms with Crippen LogP contribution in [0.25, 0.3) is 0 Å². The summed E-state index contributed by atoms with van der Waals surface area (Å²) < 4.78 is 5.65. The van der Waals surface area contributed by atoms with E-state index in [-0.39, 0.29) is 6.04 Å². The zero-order valence-corrected chi connectivity index (χ0v) is 12.0. The van der Waals surface area contributed by atoms with Crippen LogP contribution in [0.1, 0.15) is 30.8 Å². The largest absolute Gasteiger partial charge is 0.491 e. The van der Waals surface area contributed by atoms with E-state index >= 15 is 0 Å².